The summed E-state index contributed by atoms with van der Waals surface area (Å²) in [4.78, 5) is 13.8. The van der Waals surface area contributed by atoms with Gasteiger partial charge in [-0.15, -0.1) is 24.0 Å². The molecule has 9 heteroatoms. The predicted octanol–water partition coefficient (Wildman–Crippen LogP) is 2.86. The Hall–Kier alpha value is -1.62. The van der Waals surface area contributed by atoms with E-state index in [2.05, 4.69) is 53.0 Å². The maximum absolute atomic E-state index is 5.85. The Kier molecular flexibility index (Phi) is 8.29. The Morgan fingerprint density at radius 1 is 1.25 bits per heavy atom. The van der Waals surface area contributed by atoms with Crippen LogP contribution in [0.15, 0.2) is 32.5 Å². The number of aromatic nitrogens is 2. The number of nitrogens with one attached hydrogen (secondary N) is 1. The van der Waals surface area contributed by atoms with Crippen molar-refractivity contribution in [2.75, 3.05) is 32.7 Å². The highest BCUT2D eigenvalue weighted by molar-refractivity contribution is 14.0. The van der Waals surface area contributed by atoms with Gasteiger partial charge < -0.3 is 19.2 Å². The monoisotopic (exact) mass is 502 g/mol. The highest BCUT2D eigenvalue weighted by Gasteiger charge is 2.21. The van der Waals surface area contributed by atoms with Crippen LogP contribution < -0.4 is 5.32 Å². The maximum atomic E-state index is 5.85. The first kappa shape index (κ1) is 22.7. The molecule has 1 saturated heterocycles. The number of guanidine groups is 1. The van der Waals surface area contributed by atoms with E-state index < -0.39 is 0 Å². The molecule has 8 nitrogen and oxygen atoms in total. The Morgan fingerprint density at radius 2 is 2.00 bits per heavy atom. The van der Waals surface area contributed by atoms with E-state index in [1.165, 1.54) is 0 Å². The van der Waals surface area contributed by atoms with E-state index in [1.54, 1.807) is 12.5 Å². The topological polar surface area (TPSA) is 82.9 Å². The molecule has 0 aliphatic carbocycles. The minimum absolute atomic E-state index is 0. The number of hydrogen-bond donors (Lipinski definition) is 1. The van der Waals surface area contributed by atoms with Gasteiger partial charge in [-0.3, -0.25) is 4.90 Å². The number of nitrogens with zero attached hydrogens (tertiary/aromatic N) is 5. The minimum atomic E-state index is -0.0420. The largest absolute Gasteiger partial charge is 0.443 e. The molecule has 1 aliphatic rings. The molecule has 2 aromatic heterocycles. The van der Waals surface area contributed by atoms with Crippen LogP contribution in [0.25, 0.3) is 0 Å². The molecule has 1 aliphatic heterocycles. The fraction of sp³-hybridized carbons (Fsp3) is 0.632. The molecule has 0 bridgehead atoms. The van der Waals surface area contributed by atoms with E-state index >= 15 is 0 Å². The number of rotatable bonds is 5. The number of piperazine rings is 1. The van der Waals surface area contributed by atoms with Crippen LogP contribution in [0.2, 0.25) is 0 Å². The van der Waals surface area contributed by atoms with Gasteiger partial charge in [0.15, 0.2) is 5.96 Å². The van der Waals surface area contributed by atoms with Crippen LogP contribution in [0.4, 0.5) is 0 Å². The van der Waals surface area contributed by atoms with E-state index in [9.17, 15) is 0 Å². The Labute approximate surface area is 183 Å². The van der Waals surface area contributed by atoms with Crippen LogP contribution in [0, 0.1) is 0 Å². The van der Waals surface area contributed by atoms with E-state index in [0.29, 0.717) is 12.4 Å². The molecule has 0 aromatic carbocycles. The summed E-state index contributed by atoms with van der Waals surface area (Å²) in [6.07, 6.45) is 3.43. The Bertz CT molecular complexity index is 730. The quantitative estimate of drug-likeness (QED) is 0.383. The van der Waals surface area contributed by atoms with Gasteiger partial charge in [0.25, 0.3) is 0 Å². The summed E-state index contributed by atoms with van der Waals surface area (Å²) in [5.41, 5.74) is 0.933. The van der Waals surface area contributed by atoms with Crippen molar-refractivity contribution in [3.05, 3.63) is 35.9 Å². The summed E-state index contributed by atoms with van der Waals surface area (Å²) in [5, 5.41) is 7.37. The standard InChI is InChI=1S/C19H30N6O2.HI/c1-5-20-18(22-13-17-21-12-16(27-17)19(2,3)4)25-9-7-24(8-10-25)14-15-6-11-26-23-15;/h6,11-12H,5,7-10,13-14H2,1-4H3,(H,20,22);1H. The lowest BCUT2D eigenvalue weighted by molar-refractivity contribution is 0.169. The molecule has 28 heavy (non-hydrogen) atoms. The lowest BCUT2D eigenvalue weighted by Gasteiger charge is -2.36. The van der Waals surface area contributed by atoms with Gasteiger partial charge in [-0.2, -0.15) is 0 Å². The zero-order chi connectivity index (χ0) is 19.3. The van der Waals surface area contributed by atoms with Crippen molar-refractivity contribution in [3.8, 4) is 0 Å². The van der Waals surface area contributed by atoms with Gasteiger partial charge in [-0.05, 0) is 6.92 Å². The normalized spacial score (nSPS) is 16.1. The molecular formula is C19H31IN6O2. The molecule has 0 atom stereocenters. The lowest BCUT2D eigenvalue weighted by Crippen LogP contribution is -2.52. The van der Waals surface area contributed by atoms with Crippen molar-refractivity contribution in [2.45, 2.75) is 46.2 Å². The molecule has 0 amide bonds. The Balaban J connectivity index is 0.00000280. The van der Waals surface area contributed by atoms with Crippen LogP contribution in [0.3, 0.4) is 0 Å². The van der Waals surface area contributed by atoms with Crippen molar-refractivity contribution in [3.63, 3.8) is 0 Å². The molecule has 3 heterocycles. The smallest absolute Gasteiger partial charge is 0.216 e. The molecule has 0 radical (unpaired) electrons. The van der Waals surface area contributed by atoms with Crippen molar-refractivity contribution >= 4 is 29.9 Å². The van der Waals surface area contributed by atoms with E-state index in [0.717, 1.165) is 56.7 Å². The highest BCUT2D eigenvalue weighted by Crippen LogP contribution is 2.22. The zero-order valence-electron chi connectivity index (χ0n) is 17.1. The average Bonchev–Trinajstić information content (AvgIpc) is 3.31. The Morgan fingerprint density at radius 3 is 2.57 bits per heavy atom. The third-order valence-corrected chi connectivity index (χ3v) is 4.54. The van der Waals surface area contributed by atoms with E-state index in [1.807, 2.05) is 6.07 Å². The highest BCUT2D eigenvalue weighted by atomic mass is 127. The summed E-state index contributed by atoms with van der Waals surface area (Å²) in [6, 6.07) is 1.92. The van der Waals surface area contributed by atoms with Crippen LogP contribution in [0.5, 0.6) is 0 Å². The lowest BCUT2D eigenvalue weighted by atomic mass is 9.94. The second-order valence-electron chi connectivity index (χ2n) is 7.79. The summed E-state index contributed by atoms with van der Waals surface area (Å²) in [7, 11) is 0. The van der Waals surface area contributed by atoms with Crippen molar-refractivity contribution in [1.29, 1.82) is 0 Å². The summed E-state index contributed by atoms with van der Waals surface area (Å²) < 4.78 is 10.8. The molecule has 3 rings (SSSR count). The maximum Gasteiger partial charge on any atom is 0.216 e. The fourth-order valence-electron chi connectivity index (χ4n) is 2.96. The number of hydrogen-bond acceptors (Lipinski definition) is 6. The third-order valence-electron chi connectivity index (χ3n) is 4.54. The molecule has 1 N–H and O–H groups in total. The van der Waals surface area contributed by atoms with Crippen molar-refractivity contribution < 1.29 is 8.94 Å². The SMILES string of the molecule is CCNC(=NCc1ncc(C(C)(C)C)o1)N1CCN(Cc2ccon2)CC1.I. The molecule has 0 unspecified atom stereocenters. The second-order valence-corrected chi connectivity index (χ2v) is 7.79. The fourth-order valence-corrected chi connectivity index (χ4v) is 2.96. The summed E-state index contributed by atoms with van der Waals surface area (Å²) in [5.74, 6) is 2.45. The molecule has 156 valence electrons. The van der Waals surface area contributed by atoms with Gasteiger partial charge in [0.05, 0.1) is 11.9 Å². The first-order chi connectivity index (χ1) is 13.0. The summed E-state index contributed by atoms with van der Waals surface area (Å²) in [6.45, 7) is 14.3. The number of oxazole rings is 1. The molecule has 0 saturated carbocycles. The average molecular weight is 502 g/mol. The van der Waals surface area contributed by atoms with Crippen LogP contribution in [-0.2, 0) is 18.5 Å². The van der Waals surface area contributed by atoms with Crippen LogP contribution >= 0.6 is 24.0 Å². The van der Waals surface area contributed by atoms with Gasteiger partial charge in [-0.25, -0.2) is 9.98 Å². The first-order valence-corrected chi connectivity index (χ1v) is 9.55. The number of aliphatic imine (C=N–C) groups is 1. The second kappa shape index (κ2) is 10.2. The minimum Gasteiger partial charge on any atom is -0.443 e. The summed E-state index contributed by atoms with van der Waals surface area (Å²) >= 11 is 0. The third kappa shape index (κ3) is 6.20. The van der Waals surface area contributed by atoms with E-state index in [-0.39, 0.29) is 29.4 Å². The molecular weight excluding hydrogens is 471 g/mol. The van der Waals surface area contributed by atoms with Gasteiger partial charge in [0, 0.05) is 50.7 Å². The number of halogens is 1. The predicted molar refractivity (Wildman–Crippen MR) is 119 cm³/mol. The van der Waals surface area contributed by atoms with Gasteiger partial charge in [0.2, 0.25) is 5.89 Å². The van der Waals surface area contributed by atoms with Gasteiger partial charge in [0.1, 0.15) is 18.6 Å². The van der Waals surface area contributed by atoms with Crippen molar-refractivity contribution in [2.24, 2.45) is 4.99 Å². The first-order valence-electron chi connectivity index (χ1n) is 9.55. The van der Waals surface area contributed by atoms with Crippen LogP contribution in [-0.4, -0.2) is 58.6 Å². The zero-order valence-corrected chi connectivity index (χ0v) is 19.5. The molecule has 2 aromatic rings. The van der Waals surface area contributed by atoms with Crippen molar-refractivity contribution in [1.82, 2.24) is 25.3 Å². The molecule has 1 fully saturated rings. The van der Waals surface area contributed by atoms with E-state index in [4.69, 9.17) is 13.9 Å². The van der Waals surface area contributed by atoms with Gasteiger partial charge in [-0.1, -0.05) is 25.9 Å². The molecule has 0 spiro atoms. The van der Waals surface area contributed by atoms with Crippen LogP contribution in [0.1, 0.15) is 45.0 Å². The van der Waals surface area contributed by atoms with Gasteiger partial charge >= 0.3 is 0 Å².